The number of aliphatic carboxylic acids is 1. The van der Waals surface area contributed by atoms with Gasteiger partial charge in [0.15, 0.2) is 0 Å². The van der Waals surface area contributed by atoms with E-state index < -0.39 is 17.5 Å². The van der Waals surface area contributed by atoms with Crippen LogP contribution in [0.1, 0.15) is 18.4 Å². The summed E-state index contributed by atoms with van der Waals surface area (Å²) in [5.41, 5.74) is 0.768. The molecule has 1 heterocycles. The quantitative estimate of drug-likeness (QED) is 0.578. The summed E-state index contributed by atoms with van der Waals surface area (Å²) in [6.07, 6.45) is 0.175. The number of fused-ring (bicyclic) bond motifs is 1. The number of hydrogen-bond donors (Lipinski definition) is 2. The Balaban J connectivity index is 1.74. The summed E-state index contributed by atoms with van der Waals surface area (Å²) in [5, 5.41) is 12.0. The molecule has 0 atom stereocenters. The van der Waals surface area contributed by atoms with Gasteiger partial charge >= 0.3 is 17.5 Å². The van der Waals surface area contributed by atoms with Gasteiger partial charge in [-0.15, -0.1) is 0 Å². The molecule has 0 aliphatic heterocycles. The molecule has 0 saturated heterocycles. The predicted octanol–water partition coefficient (Wildman–Crippen LogP) is 3.87. The highest BCUT2D eigenvalue weighted by Gasteiger charge is 2.15. The zero-order valence-corrected chi connectivity index (χ0v) is 16.1. The third-order valence-electron chi connectivity index (χ3n) is 4.16. The van der Waals surface area contributed by atoms with Crippen molar-refractivity contribution in [3.8, 4) is 5.95 Å². The van der Waals surface area contributed by atoms with Crippen molar-refractivity contribution in [1.29, 1.82) is 0 Å². The Morgan fingerprint density at radius 3 is 2.55 bits per heavy atom. The fourth-order valence-electron chi connectivity index (χ4n) is 2.72. The van der Waals surface area contributed by atoms with E-state index in [0.29, 0.717) is 17.5 Å². The van der Waals surface area contributed by atoms with E-state index in [4.69, 9.17) is 25.9 Å². The van der Waals surface area contributed by atoms with Crippen LogP contribution >= 0.6 is 11.6 Å². The number of carboxylic acids is 1. The van der Waals surface area contributed by atoms with Crippen molar-refractivity contribution < 1.29 is 23.8 Å². The van der Waals surface area contributed by atoms with Gasteiger partial charge in [0.1, 0.15) is 5.02 Å². The summed E-state index contributed by atoms with van der Waals surface area (Å²) >= 11 is 6.33. The maximum atomic E-state index is 12.3. The molecule has 1 aromatic heterocycles. The molecule has 0 aliphatic rings. The Hall–Kier alpha value is -3.32. The average molecular weight is 416 g/mol. The van der Waals surface area contributed by atoms with Crippen molar-refractivity contribution in [3.63, 3.8) is 0 Å². The van der Waals surface area contributed by atoms with Gasteiger partial charge in [0, 0.05) is 23.9 Å². The van der Waals surface area contributed by atoms with E-state index in [0.717, 1.165) is 5.56 Å². The molecule has 2 aromatic carbocycles. The number of hydrogen-bond acceptors (Lipinski definition) is 5. The van der Waals surface area contributed by atoms with Crippen LogP contribution in [0, 0.1) is 0 Å². The summed E-state index contributed by atoms with van der Waals surface area (Å²) in [4.78, 5) is 34.7. The molecule has 3 rings (SSSR count). The zero-order valence-electron chi connectivity index (χ0n) is 15.3. The second kappa shape index (κ2) is 9.25. The maximum absolute atomic E-state index is 12.3. The molecule has 0 spiro atoms. The first-order valence-corrected chi connectivity index (χ1v) is 9.26. The fraction of sp³-hybridized carbons (Fsp3) is 0.190. The summed E-state index contributed by atoms with van der Waals surface area (Å²) < 4.78 is 10.8. The molecule has 8 heteroatoms. The van der Waals surface area contributed by atoms with E-state index in [2.05, 4.69) is 5.32 Å². The molecule has 0 radical (unpaired) electrons. The number of carboxylic acid groups (broad SMARTS) is 1. The minimum atomic E-state index is -1.06. The Morgan fingerprint density at radius 1 is 1.07 bits per heavy atom. The first-order chi connectivity index (χ1) is 13.9. The van der Waals surface area contributed by atoms with Crippen molar-refractivity contribution in [3.05, 3.63) is 69.5 Å². The summed E-state index contributed by atoms with van der Waals surface area (Å²) in [7, 11) is 0. The van der Waals surface area contributed by atoms with Crippen LogP contribution in [0.15, 0.2) is 57.7 Å². The van der Waals surface area contributed by atoms with Crippen LogP contribution in [0.2, 0.25) is 5.02 Å². The Labute approximate surface area is 170 Å². The van der Waals surface area contributed by atoms with Gasteiger partial charge in [0.25, 0.3) is 0 Å². The predicted molar refractivity (Wildman–Crippen MR) is 109 cm³/mol. The smallest absolute Gasteiger partial charge is 0.346 e. The number of halogens is 1. The first-order valence-electron chi connectivity index (χ1n) is 8.89. The molecule has 150 valence electrons. The Morgan fingerprint density at radius 2 is 1.83 bits per heavy atom. The molecule has 7 nitrogen and oxygen atoms in total. The lowest BCUT2D eigenvalue weighted by Crippen LogP contribution is -2.13. The summed E-state index contributed by atoms with van der Waals surface area (Å²) in [6.45, 7) is 0.288. The zero-order chi connectivity index (χ0) is 20.8. The van der Waals surface area contributed by atoms with Crippen molar-refractivity contribution in [1.82, 2.24) is 0 Å². The highest BCUT2D eigenvalue weighted by atomic mass is 35.5. The van der Waals surface area contributed by atoms with Gasteiger partial charge in [-0.1, -0.05) is 48.0 Å². The lowest BCUT2D eigenvalue weighted by molar-refractivity contribution is -0.138. The van der Waals surface area contributed by atoms with E-state index in [1.54, 1.807) is 12.1 Å². The van der Waals surface area contributed by atoms with Gasteiger partial charge in [-0.25, -0.2) is 4.79 Å². The van der Waals surface area contributed by atoms with Crippen LogP contribution < -0.4 is 15.7 Å². The standard InChI is InChI=1S/C21H18ClNO6/c22-19-15-7-6-14(23-17(24)8-9-18(25)26)12-16(15)20(27)29-21(19)28-11-10-13-4-2-1-3-5-13/h1-7,12H,8-11H2,(H,23,24)(H,25,26). The Bertz CT molecular complexity index is 1090. The van der Waals surface area contributed by atoms with E-state index in [1.807, 2.05) is 30.3 Å². The highest BCUT2D eigenvalue weighted by molar-refractivity contribution is 6.36. The van der Waals surface area contributed by atoms with E-state index in [1.165, 1.54) is 6.07 Å². The second-order valence-electron chi connectivity index (χ2n) is 6.28. The third kappa shape index (κ3) is 5.36. The maximum Gasteiger partial charge on any atom is 0.346 e. The van der Waals surface area contributed by atoms with Crippen molar-refractivity contribution in [2.24, 2.45) is 0 Å². The second-order valence-corrected chi connectivity index (χ2v) is 6.66. The number of benzene rings is 2. The molecular formula is C21H18ClNO6. The van der Waals surface area contributed by atoms with Gasteiger partial charge < -0.3 is 19.6 Å². The molecule has 0 saturated carbocycles. The normalized spacial score (nSPS) is 10.7. The summed E-state index contributed by atoms with van der Waals surface area (Å²) in [6, 6.07) is 14.3. The van der Waals surface area contributed by atoms with Crippen LogP contribution in [-0.4, -0.2) is 23.6 Å². The molecule has 0 bridgehead atoms. The molecule has 2 N–H and O–H groups in total. The topological polar surface area (TPSA) is 106 Å². The lowest BCUT2D eigenvalue weighted by atomic mass is 10.1. The number of nitrogens with one attached hydrogen (secondary N) is 1. The van der Waals surface area contributed by atoms with Crippen LogP contribution in [0.5, 0.6) is 5.95 Å². The average Bonchev–Trinajstić information content (AvgIpc) is 2.71. The van der Waals surface area contributed by atoms with E-state index >= 15 is 0 Å². The van der Waals surface area contributed by atoms with Crippen LogP contribution in [0.4, 0.5) is 5.69 Å². The van der Waals surface area contributed by atoms with Crippen molar-refractivity contribution in [2.75, 3.05) is 11.9 Å². The number of rotatable bonds is 8. The number of carbonyl (C=O) groups is 2. The Kier molecular flexibility index (Phi) is 6.51. The minimum absolute atomic E-state index is 0.0571. The molecular weight excluding hydrogens is 398 g/mol. The monoisotopic (exact) mass is 415 g/mol. The minimum Gasteiger partial charge on any atom is -0.481 e. The number of anilines is 1. The van der Waals surface area contributed by atoms with Crippen LogP contribution in [-0.2, 0) is 16.0 Å². The first kappa shape index (κ1) is 20.4. The fourth-order valence-corrected chi connectivity index (χ4v) is 2.98. The van der Waals surface area contributed by atoms with Crippen molar-refractivity contribution >= 4 is 39.9 Å². The number of amides is 1. The number of ether oxygens (including phenoxy) is 1. The molecule has 1 amide bonds. The van der Waals surface area contributed by atoms with Crippen LogP contribution in [0.25, 0.3) is 10.8 Å². The molecule has 29 heavy (non-hydrogen) atoms. The molecule has 3 aromatic rings. The van der Waals surface area contributed by atoms with E-state index in [9.17, 15) is 14.4 Å². The molecule has 0 fully saturated rings. The highest BCUT2D eigenvalue weighted by Crippen LogP contribution is 2.32. The van der Waals surface area contributed by atoms with Gasteiger partial charge in [-0.3, -0.25) is 9.59 Å². The van der Waals surface area contributed by atoms with Gasteiger partial charge in [-0.2, -0.15) is 0 Å². The van der Waals surface area contributed by atoms with E-state index in [-0.39, 0.29) is 35.8 Å². The number of carbonyl (C=O) groups excluding carboxylic acids is 1. The van der Waals surface area contributed by atoms with Crippen LogP contribution in [0.3, 0.4) is 0 Å². The third-order valence-corrected chi connectivity index (χ3v) is 4.51. The SMILES string of the molecule is O=C(O)CCC(=O)Nc1ccc2c(Cl)c(OCCc3ccccc3)oc(=O)c2c1. The van der Waals surface area contributed by atoms with Gasteiger partial charge in [0.2, 0.25) is 5.91 Å². The van der Waals surface area contributed by atoms with Crippen molar-refractivity contribution in [2.45, 2.75) is 19.3 Å². The largest absolute Gasteiger partial charge is 0.481 e. The molecule has 0 unspecified atom stereocenters. The summed E-state index contributed by atoms with van der Waals surface area (Å²) in [5.74, 6) is -1.59. The van der Waals surface area contributed by atoms with Gasteiger partial charge in [0.05, 0.1) is 18.4 Å². The van der Waals surface area contributed by atoms with Gasteiger partial charge in [-0.05, 0) is 17.7 Å². The molecule has 0 aliphatic carbocycles. The lowest BCUT2D eigenvalue weighted by Gasteiger charge is -2.10.